The van der Waals surface area contributed by atoms with Crippen molar-refractivity contribution in [1.82, 2.24) is 20.8 Å². The Labute approximate surface area is 112 Å². The fourth-order valence-corrected chi connectivity index (χ4v) is 2.39. The lowest BCUT2D eigenvalue weighted by Crippen LogP contribution is -2.56. The molecule has 0 radical (unpaired) electrons. The molecule has 1 atom stereocenters. The minimum Gasteiger partial charge on any atom is -0.351 e. The van der Waals surface area contributed by atoms with Crippen molar-refractivity contribution in [2.24, 2.45) is 0 Å². The van der Waals surface area contributed by atoms with Crippen LogP contribution >= 0.6 is 0 Å². The fraction of sp³-hybridized carbons (Fsp3) is 0.615. The lowest BCUT2D eigenvalue weighted by Gasteiger charge is -2.29. The maximum Gasteiger partial charge on any atom is 0.245 e. The first-order chi connectivity index (χ1) is 8.88. The van der Waals surface area contributed by atoms with Crippen LogP contribution < -0.4 is 10.6 Å². The van der Waals surface area contributed by atoms with Gasteiger partial charge in [-0.1, -0.05) is 0 Å². The molecule has 19 heavy (non-hydrogen) atoms. The molecule has 0 saturated carbocycles. The van der Waals surface area contributed by atoms with Gasteiger partial charge < -0.3 is 10.6 Å². The number of nitrogens with zero attached hydrogens (tertiary/aromatic N) is 1. The number of hydrogen-bond acceptors (Lipinski definition) is 3. The number of carbonyl (C=O) groups excluding carboxylic acids is 2. The molecule has 104 valence electrons. The van der Waals surface area contributed by atoms with E-state index in [-0.39, 0.29) is 17.9 Å². The van der Waals surface area contributed by atoms with E-state index in [1.807, 2.05) is 6.20 Å². The van der Waals surface area contributed by atoms with E-state index in [1.165, 1.54) is 12.5 Å². The van der Waals surface area contributed by atoms with Crippen LogP contribution in [0.5, 0.6) is 0 Å². The van der Waals surface area contributed by atoms with Crippen LogP contribution in [0.2, 0.25) is 0 Å². The molecule has 1 heterocycles. The number of H-pyrrole nitrogens is 1. The topological polar surface area (TPSA) is 86.9 Å². The van der Waals surface area contributed by atoms with Gasteiger partial charge in [0.1, 0.15) is 5.54 Å². The van der Waals surface area contributed by atoms with Gasteiger partial charge in [-0.15, -0.1) is 0 Å². The zero-order chi connectivity index (χ0) is 14.0. The van der Waals surface area contributed by atoms with Gasteiger partial charge in [0, 0.05) is 25.1 Å². The molecule has 0 fully saturated rings. The number of aryl methyl sites for hydroxylation is 1. The lowest BCUT2D eigenvalue weighted by atomic mass is 9.92. The molecule has 1 aromatic heterocycles. The summed E-state index contributed by atoms with van der Waals surface area (Å²) in [7, 11) is 0. The molecule has 0 spiro atoms. The van der Waals surface area contributed by atoms with Crippen molar-refractivity contribution >= 4 is 11.8 Å². The maximum absolute atomic E-state index is 12.2. The zero-order valence-electron chi connectivity index (χ0n) is 11.5. The summed E-state index contributed by atoms with van der Waals surface area (Å²) >= 11 is 0. The first kappa shape index (κ1) is 13.6. The summed E-state index contributed by atoms with van der Waals surface area (Å²) in [6, 6.07) is 0.0912. The Morgan fingerprint density at radius 2 is 2.21 bits per heavy atom. The average molecular weight is 264 g/mol. The number of aromatic nitrogens is 2. The number of fused-ring (bicyclic) bond motifs is 1. The third kappa shape index (κ3) is 3.13. The van der Waals surface area contributed by atoms with Gasteiger partial charge in [-0.2, -0.15) is 5.10 Å². The third-order valence-corrected chi connectivity index (χ3v) is 3.41. The molecule has 0 aromatic carbocycles. The van der Waals surface area contributed by atoms with E-state index < -0.39 is 5.54 Å². The molecule has 0 saturated heterocycles. The van der Waals surface area contributed by atoms with Gasteiger partial charge in [0.25, 0.3) is 0 Å². The predicted octanol–water partition coefficient (Wildman–Crippen LogP) is 0.298. The van der Waals surface area contributed by atoms with Crippen molar-refractivity contribution in [3.63, 3.8) is 0 Å². The van der Waals surface area contributed by atoms with Crippen molar-refractivity contribution in [3.8, 4) is 0 Å². The zero-order valence-corrected chi connectivity index (χ0v) is 11.5. The Morgan fingerprint density at radius 1 is 1.47 bits per heavy atom. The van der Waals surface area contributed by atoms with E-state index >= 15 is 0 Å². The molecular weight excluding hydrogens is 244 g/mol. The van der Waals surface area contributed by atoms with Gasteiger partial charge in [-0.05, 0) is 32.3 Å². The normalized spacial score (nSPS) is 18.6. The van der Waals surface area contributed by atoms with Gasteiger partial charge in [0.2, 0.25) is 11.8 Å². The lowest BCUT2D eigenvalue weighted by molar-refractivity contribution is -0.132. The quantitative estimate of drug-likeness (QED) is 0.733. The second-order valence-corrected chi connectivity index (χ2v) is 5.59. The van der Waals surface area contributed by atoms with Crippen LogP contribution in [0.4, 0.5) is 0 Å². The predicted molar refractivity (Wildman–Crippen MR) is 70.4 cm³/mol. The van der Waals surface area contributed by atoms with Crippen molar-refractivity contribution in [2.75, 3.05) is 0 Å². The fourth-order valence-electron chi connectivity index (χ4n) is 2.39. The Balaban J connectivity index is 1.95. The SMILES string of the molecule is CC(=O)NC(C)(C)C(=O)NC1CCc2cn[nH]c2C1. The number of carbonyl (C=O) groups is 2. The van der Waals surface area contributed by atoms with Crippen LogP contribution in [0.25, 0.3) is 0 Å². The molecule has 1 unspecified atom stereocenters. The molecule has 0 aliphatic heterocycles. The number of aromatic amines is 1. The van der Waals surface area contributed by atoms with E-state index in [2.05, 4.69) is 20.8 Å². The Kier molecular flexibility index (Phi) is 3.59. The van der Waals surface area contributed by atoms with E-state index in [0.717, 1.165) is 25.0 Å². The van der Waals surface area contributed by atoms with E-state index in [1.54, 1.807) is 13.8 Å². The molecule has 2 rings (SSSR count). The third-order valence-electron chi connectivity index (χ3n) is 3.41. The maximum atomic E-state index is 12.2. The van der Waals surface area contributed by atoms with Gasteiger partial charge in [0.05, 0.1) is 6.20 Å². The van der Waals surface area contributed by atoms with Crippen LogP contribution in [0, 0.1) is 0 Å². The van der Waals surface area contributed by atoms with Crippen LogP contribution in [-0.4, -0.2) is 33.6 Å². The van der Waals surface area contributed by atoms with E-state index in [4.69, 9.17) is 0 Å². The largest absolute Gasteiger partial charge is 0.351 e. The highest BCUT2D eigenvalue weighted by Crippen LogP contribution is 2.19. The monoisotopic (exact) mass is 264 g/mol. The summed E-state index contributed by atoms with van der Waals surface area (Å²) in [6.07, 6.45) is 4.41. The van der Waals surface area contributed by atoms with Crippen molar-refractivity contribution in [3.05, 3.63) is 17.5 Å². The second kappa shape index (κ2) is 5.03. The first-order valence-electron chi connectivity index (χ1n) is 6.49. The van der Waals surface area contributed by atoms with Gasteiger partial charge >= 0.3 is 0 Å². The molecule has 1 aliphatic rings. The van der Waals surface area contributed by atoms with Crippen molar-refractivity contribution in [2.45, 2.75) is 51.6 Å². The number of amides is 2. The standard InChI is InChI=1S/C13H20N4O2/c1-8(18)16-13(2,3)12(19)15-10-5-4-9-7-14-17-11(9)6-10/h7,10H,4-6H2,1-3H3,(H,14,17)(H,15,19)(H,16,18). The van der Waals surface area contributed by atoms with Crippen molar-refractivity contribution in [1.29, 1.82) is 0 Å². The summed E-state index contributed by atoms with van der Waals surface area (Å²) in [5.74, 6) is -0.365. The minimum atomic E-state index is -0.889. The summed E-state index contributed by atoms with van der Waals surface area (Å²) in [5, 5.41) is 12.6. The highest BCUT2D eigenvalue weighted by molar-refractivity contribution is 5.90. The van der Waals surface area contributed by atoms with Gasteiger partial charge in [-0.25, -0.2) is 0 Å². The number of hydrogen-bond donors (Lipinski definition) is 3. The van der Waals surface area contributed by atoms with E-state index in [0.29, 0.717) is 0 Å². The molecular formula is C13H20N4O2. The van der Waals surface area contributed by atoms with E-state index in [9.17, 15) is 9.59 Å². The van der Waals surface area contributed by atoms with Crippen LogP contribution in [0.1, 0.15) is 38.4 Å². The van der Waals surface area contributed by atoms with Gasteiger partial charge in [0.15, 0.2) is 0 Å². The van der Waals surface area contributed by atoms with Crippen LogP contribution in [0.3, 0.4) is 0 Å². The van der Waals surface area contributed by atoms with Crippen molar-refractivity contribution < 1.29 is 9.59 Å². The molecule has 1 aliphatic carbocycles. The summed E-state index contributed by atoms with van der Waals surface area (Å²) in [5.41, 5.74) is 1.43. The first-order valence-corrected chi connectivity index (χ1v) is 6.49. The number of rotatable bonds is 3. The Bertz CT molecular complexity index is 493. The Morgan fingerprint density at radius 3 is 2.89 bits per heavy atom. The molecule has 3 N–H and O–H groups in total. The minimum absolute atomic E-state index is 0.0912. The second-order valence-electron chi connectivity index (χ2n) is 5.59. The summed E-state index contributed by atoms with van der Waals surface area (Å²) < 4.78 is 0. The molecule has 6 heteroatoms. The van der Waals surface area contributed by atoms with Gasteiger partial charge in [-0.3, -0.25) is 14.7 Å². The average Bonchev–Trinajstić information content (AvgIpc) is 2.74. The molecule has 1 aromatic rings. The Hall–Kier alpha value is -1.85. The molecule has 0 bridgehead atoms. The summed E-state index contributed by atoms with van der Waals surface area (Å²) in [4.78, 5) is 23.2. The summed E-state index contributed by atoms with van der Waals surface area (Å²) in [6.45, 7) is 4.81. The highest BCUT2D eigenvalue weighted by Gasteiger charge is 2.31. The smallest absolute Gasteiger partial charge is 0.245 e. The molecule has 6 nitrogen and oxygen atoms in total. The molecule has 2 amide bonds. The highest BCUT2D eigenvalue weighted by atomic mass is 16.2. The van der Waals surface area contributed by atoms with Crippen LogP contribution in [0.15, 0.2) is 6.20 Å². The van der Waals surface area contributed by atoms with Crippen LogP contribution in [-0.2, 0) is 22.4 Å². The number of nitrogens with one attached hydrogen (secondary N) is 3.